The number of carbonyl (C=O) groups is 1. The lowest BCUT2D eigenvalue weighted by Gasteiger charge is -2.30. The van der Waals surface area contributed by atoms with E-state index in [0.29, 0.717) is 5.92 Å². The molecular weight excluding hydrogens is 360 g/mol. The van der Waals surface area contributed by atoms with Gasteiger partial charge in [0.1, 0.15) is 5.75 Å². The molecule has 0 spiro atoms. The number of ether oxygens (including phenoxy) is 1. The lowest BCUT2D eigenvalue weighted by Crippen LogP contribution is -2.38. The van der Waals surface area contributed by atoms with Gasteiger partial charge >= 0.3 is 0 Å². The van der Waals surface area contributed by atoms with E-state index in [0.717, 1.165) is 59.9 Å². The summed E-state index contributed by atoms with van der Waals surface area (Å²) in [5.41, 5.74) is 4.83. The smallest absolute Gasteiger partial charge is 0.255 e. The lowest BCUT2D eigenvalue weighted by atomic mass is 9.98. The summed E-state index contributed by atoms with van der Waals surface area (Å²) in [6.45, 7) is 5.98. The fourth-order valence-corrected chi connectivity index (χ4v) is 4.11. The standard InChI is InChI=1S/C25H28N2O2/c1-18-12-14-26(15-13-18)25(28)23-17-24(20-8-7-11-22(16-20)29-3)27(19(23)2)21-9-5-4-6-10-21/h4-11,16-18H,12-15H2,1-3H3. The molecule has 29 heavy (non-hydrogen) atoms. The minimum absolute atomic E-state index is 0.133. The zero-order valence-electron chi connectivity index (χ0n) is 17.4. The number of para-hydroxylation sites is 1. The number of hydrogen-bond acceptors (Lipinski definition) is 2. The summed E-state index contributed by atoms with van der Waals surface area (Å²) in [6.07, 6.45) is 2.15. The van der Waals surface area contributed by atoms with Gasteiger partial charge in [-0.15, -0.1) is 0 Å². The Morgan fingerprint density at radius 1 is 1.00 bits per heavy atom. The van der Waals surface area contributed by atoms with Crippen LogP contribution in [0.5, 0.6) is 5.75 Å². The number of aromatic nitrogens is 1. The average Bonchev–Trinajstić information content (AvgIpc) is 3.11. The van der Waals surface area contributed by atoms with Gasteiger partial charge in [0.05, 0.1) is 18.4 Å². The summed E-state index contributed by atoms with van der Waals surface area (Å²) in [5.74, 6) is 1.63. The largest absolute Gasteiger partial charge is 0.497 e. The predicted molar refractivity (Wildman–Crippen MR) is 117 cm³/mol. The Labute approximate surface area is 172 Å². The average molecular weight is 389 g/mol. The molecule has 0 unspecified atom stereocenters. The molecule has 3 aromatic rings. The maximum absolute atomic E-state index is 13.4. The van der Waals surface area contributed by atoms with Crippen LogP contribution < -0.4 is 4.74 Å². The molecule has 0 aliphatic carbocycles. The molecule has 150 valence electrons. The van der Waals surface area contributed by atoms with E-state index in [1.165, 1.54) is 0 Å². The van der Waals surface area contributed by atoms with Crippen molar-refractivity contribution < 1.29 is 9.53 Å². The van der Waals surface area contributed by atoms with Gasteiger partial charge in [0.15, 0.2) is 0 Å². The first-order chi connectivity index (χ1) is 14.1. The number of nitrogens with zero attached hydrogens (tertiary/aromatic N) is 2. The molecule has 2 heterocycles. The van der Waals surface area contributed by atoms with Gasteiger partial charge in [-0.25, -0.2) is 0 Å². The van der Waals surface area contributed by atoms with Gasteiger partial charge in [0.2, 0.25) is 0 Å². The molecule has 2 aromatic carbocycles. The Morgan fingerprint density at radius 3 is 2.41 bits per heavy atom. The minimum Gasteiger partial charge on any atom is -0.497 e. The first-order valence-electron chi connectivity index (χ1n) is 10.3. The Balaban J connectivity index is 1.81. The summed E-state index contributed by atoms with van der Waals surface area (Å²) < 4.78 is 7.60. The molecule has 4 heteroatoms. The van der Waals surface area contributed by atoms with Crippen LogP contribution in [0.2, 0.25) is 0 Å². The van der Waals surface area contributed by atoms with E-state index in [9.17, 15) is 4.79 Å². The first-order valence-corrected chi connectivity index (χ1v) is 10.3. The maximum Gasteiger partial charge on any atom is 0.255 e. The number of likely N-dealkylation sites (tertiary alicyclic amines) is 1. The third kappa shape index (κ3) is 3.80. The summed E-state index contributed by atoms with van der Waals surface area (Å²) in [4.78, 5) is 15.4. The van der Waals surface area contributed by atoms with Crippen molar-refractivity contribution in [2.45, 2.75) is 26.7 Å². The number of piperidine rings is 1. The molecule has 0 saturated carbocycles. The molecule has 0 atom stereocenters. The molecule has 1 amide bonds. The van der Waals surface area contributed by atoms with Crippen molar-refractivity contribution in [2.24, 2.45) is 5.92 Å². The molecule has 0 bridgehead atoms. The highest BCUT2D eigenvalue weighted by Gasteiger charge is 2.26. The van der Waals surface area contributed by atoms with Gasteiger partial charge < -0.3 is 14.2 Å². The summed E-state index contributed by atoms with van der Waals surface area (Å²) in [7, 11) is 1.67. The van der Waals surface area contributed by atoms with Gasteiger partial charge in [0.25, 0.3) is 5.91 Å². The van der Waals surface area contributed by atoms with Crippen molar-refractivity contribution in [3.05, 3.63) is 71.9 Å². The summed E-state index contributed by atoms with van der Waals surface area (Å²) in [6, 6.07) is 20.3. The van der Waals surface area contributed by atoms with Crippen LogP contribution in [0.25, 0.3) is 16.9 Å². The normalized spacial score (nSPS) is 14.8. The third-order valence-corrected chi connectivity index (χ3v) is 5.93. The van der Waals surface area contributed by atoms with Gasteiger partial charge in [0, 0.05) is 30.0 Å². The van der Waals surface area contributed by atoms with Crippen molar-refractivity contribution in [1.29, 1.82) is 0 Å². The Hall–Kier alpha value is -3.01. The highest BCUT2D eigenvalue weighted by Crippen LogP contribution is 2.32. The van der Waals surface area contributed by atoms with E-state index in [-0.39, 0.29) is 5.91 Å². The van der Waals surface area contributed by atoms with Crippen LogP contribution in [0.4, 0.5) is 0 Å². The zero-order chi connectivity index (χ0) is 20.4. The summed E-state index contributed by atoms with van der Waals surface area (Å²) in [5, 5.41) is 0. The van der Waals surface area contributed by atoms with Crippen LogP contribution in [0.1, 0.15) is 35.8 Å². The molecule has 1 aliphatic heterocycles. The van der Waals surface area contributed by atoms with Crippen LogP contribution in [0, 0.1) is 12.8 Å². The van der Waals surface area contributed by atoms with Crippen molar-refractivity contribution >= 4 is 5.91 Å². The molecule has 1 aromatic heterocycles. The Morgan fingerprint density at radius 2 is 1.72 bits per heavy atom. The quantitative estimate of drug-likeness (QED) is 0.605. The van der Waals surface area contributed by atoms with Crippen molar-refractivity contribution in [1.82, 2.24) is 9.47 Å². The topological polar surface area (TPSA) is 34.5 Å². The number of methoxy groups -OCH3 is 1. The molecule has 1 saturated heterocycles. The van der Waals surface area contributed by atoms with Crippen LogP contribution in [-0.2, 0) is 0 Å². The van der Waals surface area contributed by atoms with Gasteiger partial charge in [-0.1, -0.05) is 37.3 Å². The van der Waals surface area contributed by atoms with E-state index in [2.05, 4.69) is 29.7 Å². The number of amides is 1. The van der Waals surface area contributed by atoms with Crippen LogP contribution in [-0.4, -0.2) is 35.6 Å². The molecule has 1 fully saturated rings. The van der Waals surface area contributed by atoms with Crippen molar-refractivity contribution in [3.8, 4) is 22.7 Å². The molecule has 1 aliphatic rings. The highest BCUT2D eigenvalue weighted by molar-refractivity contribution is 5.97. The molecule has 4 rings (SSSR count). The fraction of sp³-hybridized carbons (Fsp3) is 0.320. The molecular formula is C25H28N2O2. The third-order valence-electron chi connectivity index (χ3n) is 5.93. The summed E-state index contributed by atoms with van der Waals surface area (Å²) >= 11 is 0. The van der Waals surface area contributed by atoms with Gasteiger partial charge in [-0.3, -0.25) is 4.79 Å². The highest BCUT2D eigenvalue weighted by atomic mass is 16.5. The monoisotopic (exact) mass is 388 g/mol. The van der Waals surface area contributed by atoms with E-state index in [1.807, 2.05) is 54.3 Å². The maximum atomic E-state index is 13.4. The van der Waals surface area contributed by atoms with Crippen molar-refractivity contribution in [3.63, 3.8) is 0 Å². The lowest BCUT2D eigenvalue weighted by molar-refractivity contribution is 0.0696. The second-order valence-electron chi connectivity index (χ2n) is 7.91. The van der Waals surface area contributed by atoms with Crippen molar-refractivity contribution in [2.75, 3.05) is 20.2 Å². The van der Waals surface area contributed by atoms with E-state index in [1.54, 1.807) is 7.11 Å². The van der Waals surface area contributed by atoms with Gasteiger partial charge in [-0.2, -0.15) is 0 Å². The molecule has 0 N–H and O–H groups in total. The second kappa shape index (κ2) is 8.16. The predicted octanol–water partition coefficient (Wildman–Crippen LogP) is 5.33. The minimum atomic E-state index is 0.133. The van der Waals surface area contributed by atoms with Crippen LogP contribution >= 0.6 is 0 Å². The van der Waals surface area contributed by atoms with Crippen LogP contribution in [0.15, 0.2) is 60.7 Å². The number of hydrogen-bond donors (Lipinski definition) is 0. The van der Waals surface area contributed by atoms with E-state index in [4.69, 9.17) is 4.74 Å². The Kier molecular flexibility index (Phi) is 5.43. The number of carbonyl (C=O) groups excluding carboxylic acids is 1. The number of rotatable bonds is 4. The zero-order valence-corrected chi connectivity index (χ0v) is 17.4. The Bertz CT molecular complexity index is 999. The van der Waals surface area contributed by atoms with E-state index >= 15 is 0 Å². The number of benzene rings is 2. The van der Waals surface area contributed by atoms with Crippen LogP contribution in [0.3, 0.4) is 0 Å². The van der Waals surface area contributed by atoms with E-state index < -0.39 is 0 Å². The molecule has 4 nitrogen and oxygen atoms in total. The SMILES string of the molecule is COc1cccc(-c2cc(C(=O)N3CCC(C)CC3)c(C)n2-c2ccccc2)c1. The molecule has 0 radical (unpaired) electrons. The van der Waals surface area contributed by atoms with Gasteiger partial charge in [-0.05, 0) is 56.0 Å². The first kappa shape index (κ1) is 19.3. The second-order valence-corrected chi connectivity index (χ2v) is 7.91. The fourth-order valence-electron chi connectivity index (χ4n) is 4.11.